The first-order valence-electron chi connectivity index (χ1n) is 12.1. The molecule has 0 radical (unpaired) electrons. The number of para-hydroxylation sites is 1. The number of likely N-dealkylation sites (tertiary alicyclic amines) is 1. The van der Waals surface area contributed by atoms with Crippen molar-refractivity contribution < 1.29 is 4.74 Å². The topological polar surface area (TPSA) is 49.2 Å². The highest BCUT2D eigenvalue weighted by molar-refractivity contribution is 6.14. The Kier molecular flexibility index (Phi) is 7.97. The number of amidine groups is 1. The molecule has 1 fully saturated rings. The summed E-state index contributed by atoms with van der Waals surface area (Å²) >= 11 is 0. The number of nitrogens with zero attached hydrogens (tertiary/aromatic N) is 3. The van der Waals surface area contributed by atoms with Gasteiger partial charge in [-0.1, -0.05) is 49.2 Å². The van der Waals surface area contributed by atoms with Gasteiger partial charge in [-0.3, -0.25) is 0 Å². The second-order valence-corrected chi connectivity index (χ2v) is 8.73. The fourth-order valence-electron chi connectivity index (χ4n) is 4.30. The van der Waals surface area contributed by atoms with Gasteiger partial charge in [0, 0.05) is 24.3 Å². The van der Waals surface area contributed by atoms with Crippen LogP contribution in [0.25, 0.3) is 0 Å². The zero-order valence-corrected chi connectivity index (χ0v) is 20.4. The van der Waals surface area contributed by atoms with E-state index in [1.165, 1.54) is 24.0 Å². The molecule has 3 aromatic rings. The SMILES string of the molecule is COc1ccc(N/C(=N\C(=Nc2ccccc2)N2CCCCCC2)c2c(C)cccc2C)cc1. The van der Waals surface area contributed by atoms with E-state index >= 15 is 0 Å². The van der Waals surface area contributed by atoms with Crippen LogP contribution in [0.5, 0.6) is 5.75 Å². The van der Waals surface area contributed by atoms with Crippen molar-refractivity contribution in [3.8, 4) is 5.75 Å². The average Bonchev–Trinajstić information content (AvgIpc) is 3.14. The normalized spacial score (nSPS) is 15.1. The number of aryl methyl sites for hydroxylation is 2. The van der Waals surface area contributed by atoms with Crippen molar-refractivity contribution in [1.29, 1.82) is 0 Å². The molecule has 0 aromatic heterocycles. The number of anilines is 1. The van der Waals surface area contributed by atoms with Gasteiger partial charge in [0.25, 0.3) is 0 Å². The molecule has 0 amide bonds. The minimum atomic E-state index is 0.756. The molecule has 0 atom stereocenters. The van der Waals surface area contributed by atoms with Gasteiger partial charge in [-0.25, -0.2) is 4.99 Å². The number of methoxy groups -OCH3 is 1. The molecule has 0 saturated carbocycles. The number of hydrogen-bond acceptors (Lipinski definition) is 2. The van der Waals surface area contributed by atoms with Gasteiger partial charge >= 0.3 is 0 Å². The number of nitrogens with one attached hydrogen (secondary N) is 1. The number of rotatable bonds is 4. The molecule has 0 aliphatic carbocycles. The number of ether oxygens (including phenoxy) is 1. The Morgan fingerprint density at radius 1 is 0.794 bits per heavy atom. The first-order valence-corrected chi connectivity index (χ1v) is 12.1. The summed E-state index contributed by atoms with van der Waals surface area (Å²) in [5.41, 5.74) is 5.33. The van der Waals surface area contributed by atoms with Gasteiger partial charge in [-0.15, -0.1) is 0 Å². The van der Waals surface area contributed by atoms with Gasteiger partial charge in [0.05, 0.1) is 12.8 Å². The third-order valence-electron chi connectivity index (χ3n) is 6.16. The minimum absolute atomic E-state index is 0.756. The second-order valence-electron chi connectivity index (χ2n) is 8.73. The Hall–Kier alpha value is -3.60. The Morgan fingerprint density at radius 2 is 1.44 bits per heavy atom. The summed E-state index contributed by atoms with van der Waals surface area (Å²) in [6, 6.07) is 24.4. The first-order chi connectivity index (χ1) is 16.6. The molecule has 0 unspecified atom stereocenters. The summed E-state index contributed by atoms with van der Waals surface area (Å²) in [4.78, 5) is 12.6. The van der Waals surface area contributed by atoms with Crippen LogP contribution in [-0.4, -0.2) is 36.9 Å². The van der Waals surface area contributed by atoms with E-state index in [1.54, 1.807) is 7.11 Å². The van der Waals surface area contributed by atoms with Gasteiger partial charge in [0.1, 0.15) is 11.6 Å². The predicted octanol–water partition coefficient (Wildman–Crippen LogP) is 6.73. The maximum absolute atomic E-state index is 5.34. The smallest absolute Gasteiger partial charge is 0.227 e. The third kappa shape index (κ3) is 6.04. The van der Waals surface area contributed by atoms with Gasteiger partial charge in [-0.2, -0.15) is 4.99 Å². The van der Waals surface area contributed by atoms with Crippen molar-refractivity contribution in [3.63, 3.8) is 0 Å². The Morgan fingerprint density at radius 3 is 2.06 bits per heavy atom. The molecule has 0 bridgehead atoms. The summed E-state index contributed by atoms with van der Waals surface area (Å²) in [5, 5.41) is 3.59. The van der Waals surface area contributed by atoms with Gasteiger partial charge < -0.3 is 15.0 Å². The largest absolute Gasteiger partial charge is 0.497 e. The maximum Gasteiger partial charge on any atom is 0.227 e. The molecular weight excluding hydrogens is 420 g/mol. The van der Waals surface area contributed by atoms with Crippen molar-refractivity contribution in [3.05, 3.63) is 89.5 Å². The Labute approximate surface area is 203 Å². The highest BCUT2D eigenvalue weighted by Gasteiger charge is 2.18. The molecule has 1 aliphatic rings. The first kappa shape index (κ1) is 23.6. The summed E-state index contributed by atoms with van der Waals surface area (Å²) in [5.74, 6) is 2.39. The highest BCUT2D eigenvalue weighted by Crippen LogP contribution is 2.21. The number of hydrogen-bond donors (Lipinski definition) is 1. The van der Waals surface area contributed by atoms with Gasteiger partial charge in [0.2, 0.25) is 5.96 Å². The van der Waals surface area contributed by atoms with E-state index in [4.69, 9.17) is 14.7 Å². The van der Waals surface area contributed by atoms with E-state index < -0.39 is 0 Å². The number of aliphatic imine (C=N–C) groups is 2. The summed E-state index contributed by atoms with van der Waals surface area (Å²) in [6.07, 6.45) is 4.83. The zero-order valence-electron chi connectivity index (χ0n) is 20.4. The average molecular weight is 455 g/mol. The molecule has 5 heteroatoms. The van der Waals surface area contributed by atoms with Crippen LogP contribution < -0.4 is 10.1 Å². The number of guanidine groups is 1. The molecule has 3 aromatic carbocycles. The molecule has 1 N–H and O–H groups in total. The quantitative estimate of drug-likeness (QED) is 0.351. The van der Waals surface area contributed by atoms with E-state index in [1.807, 2.05) is 54.6 Å². The molecule has 1 heterocycles. The fourth-order valence-corrected chi connectivity index (χ4v) is 4.30. The molecule has 5 nitrogen and oxygen atoms in total. The monoisotopic (exact) mass is 454 g/mol. The van der Waals surface area contributed by atoms with Crippen LogP contribution in [-0.2, 0) is 0 Å². The zero-order chi connectivity index (χ0) is 23.8. The molecule has 4 rings (SSSR count). The molecule has 34 heavy (non-hydrogen) atoms. The summed E-state index contributed by atoms with van der Waals surface area (Å²) < 4.78 is 5.34. The van der Waals surface area contributed by atoms with E-state index in [0.29, 0.717) is 0 Å². The van der Waals surface area contributed by atoms with Crippen LogP contribution in [0.4, 0.5) is 11.4 Å². The predicted molar refractivity (Wildman–Crippen MR) is 143 cm³/mol. The van der Waals surface area contributed by atoms with E-state index in [-0.39, 0.29) is 0 Å². The highest BCUT2D eigenvalue weighted by atomic mass is 16.5. The lowest BCUT2D eigenvalue weighted by atomic mass is 10.0. The lowest BCUT2D eigenvalue weighted by molar-refractivity contribution is 0.415. The van der Waals surface area contributed by atoms with Crippen LogP contribution in [0.3, 0.4) is 0 Å². The minimum Gasteiger partial charge on any atom is -0.497 e. The maximum atomic E-state index is 5.34. The second kappa shape index (κ2) is 11.5. The van der Waals surface area contributed by atoms with E-state index in [2.05, 4.69) is 42.3 Å². The van der Waals surface area contributed by atoms with Crippen LogP contribution in [0.2, 0.25) is 0 Å². The summed E-state index contributed by atoms with van der Waals surface area (Å²) in [7, 11) is 1.68. The molecule has 1 aliphatic heterocycles. The van der Waals surface area contributed by atoms with Crippen LogP contribution in [0.1, 0.15) is 42.4 Å². The standard InChI is InChI=1S/C29H34N4O/c1-22-12-11-13-23(2)27(22)28(30-25-16-18-26(34-3)19-17-25)32-29(31-24-14-7-6-8-15-24)33-20-9-4-5-10-21-33/h6-8,11-19H,4-5,9-10,20-21H2,1-3H3,(H,30,31,32). The summed E-state index contributed by atoms with van der Waals surface area (Å²) in [6.45, 7) is 6.20. The van der Waals surface area contributed by atoms with Crippen molar-refractivity contribution in [2.75, 3.05) is 25.5 Å². The lowest BCUT2D eigenvalue weighted by Gasteiger charge is -2.23. The lowest BCUT2D eigenvalue weighted by Crippen LogP contribution is -2.32. The third-order valence-corrected chi connectivity index (χ3v) is 6.16. The van der Waals surface area contributed by atoms with Crippen molar-refractivity contribution >= 4 is 23.2 Å². The van der Waals surface area contributed by atoms with Crippen molar-refractivity contribution in [1.82, 2.24) is 4.90 Å². The van der Waals surface area contributed by atoms with Gasteiger partial charge in [-0.05, 0) is 74.2 Å². The fraction of sp³-hybridized carbons (Fsp3) is 0.310. The van der Waals surface area contributed by atoms with E-state index in [0.717, 1.165) is 60.4 Å². The molecule has 1 saturated heterocycles. The van der Waals surface area contributed by atoms with Crippen molar-refractivity contribution in [2.45, 2.75) is 39.5 Å². The number of benzene rings is 3. The Bertz CT molecular complexity index is 1110. The van der Waals surface area contributed by atoms with Crippen LogP contribution >= 0.6 is 0 Å². The molecular formula is C29H34N4O. The van der Waals surface area contributed by atoms with Crippen molar-refractivity contribution in [2.24, 2.45) is 9.98 Å². The van der Waals surface area contributed by atoms with Crippen LogP contribution in [0, 0.1) is 13.8 Å². The molecule has 0 spiro atoms. The van der Waals surface area contributed by atoms with Crippen LogP contribution in [0.15, 0.2) is 82.8 Å². The Balaban J connectivity index is 1.81. The molecule has 176 valence electrons. The van der Waals surface area contributed by atoms with Gasteiger partial charge in [0.15, 0.2) is 0 Å². The van der Waals surface area contributed by atoms with E-state index in [9.17, 15) is 0 Å².